The maximum Gasteiger partial charge on any atom is 0.238 e. The first kappa shape index (κ1) is 14.0. The summed E-state index contributed by atoms with van der Waals surface area (Å²) in [6.45, 7) is 5.48. The van der Waals surface area contributed by atoms with Crippen molar-refractivity contribution in [2.24, 2.45) is 0 Å². The zero-order valence-electron chi connectivity index (χ0n) is 12.2. The number of aryl methyl sites for hydroxylation is 1. The van der Waals surface area contributed by atoms with Crippen molar-refractivity contribution >= 4 is 5.91 Å². The van der Waals surface area contributed by atoms with Crippen LogP contribution in [0.4, 0.5) is 0 Å². The summed E-state index contributed by atoms with van der Waals surface area (Å²) in [4.78, 5) is 16.2. The number of rotatable bonds is 4. The van der Waals surface area contributed by atoms with Crippen LogP contribution >= 0.6 is 0 Å². The van der Waals surface area contributed by atoms with Crippen molar-refractivity contribution in [2.75, 3.05) is 27.2 Å². The molecular formula is C15H23N3O. The highest BCUT2D eigenvalue weighted by atomic mass is 16.2. The molecule has 1 heterocycles. The molecule has 0 radical (unpaired) electrons. The highest BCUT2D eigenvalue weighted by Crippen LogP contribution is 2.25. The van der Waals surface area contributed by atoms with Gasteiger partial charge < -0.3 is 9.80 Å². The molecule has 0 saturated carbocycles. The van der Waals surface area contributed by atoms with E-state index in [2.05, 4.69) is 42.3 Å². The molecule has 0 bridgehead atoms. The fourth-order valence-electron chi connectivity index (χ4n) is 2.75. The minimum atomic E-state index is 0.00218. The number of hydrogen-bond donors (Lipinski definition) is 1. The summed E-state index contributed by atoms with van der Waals surface area (Å²) in [6, 6.07) is 8.55. The van der Waals surface area contributed by atoms with Crippen LogP contribution in [0.25, 0.3) is 0 Å². The number of carbonyl (C=O) groups excluding carboxylic acids is 1. The van der Waals surface area contributed by atoms with Gasteiger partial charge in [-0.15, -0.1) is 0 Å². The molecule has 104 valence electrons. The zero-order chi connectivity index (χ0) is 14.0. The molecule has 0 aliphatic carbocycles. The van der Waals surface area contributed by atoms with Crippen molar-refractivity contribution in [1.29, 1.82) is 0 Å². The molecule has 1 aliphatic heterocycles. The molecule has 4 heteroatoms. The van der Waals surface area contributed by atoms with Crippen molar-refractivity contribution in [3.05, 3.63) is 35.4 Å². The van der Waals surface area contributed by atoms with Gasteiger partial charge in [-0.1, -0.05) is 29.8 Å². The second-order valence-corrected chi connectivity index (χ2v) is 5.61. The van der Waals surface area contributed by atoms with E-state index in [1.807, 2.05) is 25.1 Å². The standard InChI is InChI=1S/C15H23N3O/c1-11-6-5-7-13(8-11)15-16-9-14(19)18(15)12(2)10-17(3)4/h5-8,12,15-16H,9-10H2,1-4H3. The van der Waals surface area contributed by atoms with E-state index in [0.717, 1.165) is 12.1 Å². The maximum absolute atomic E-state index is 12.1. The van der Waals surface area contributed by atoms with Gasteiger partial charge in [-0.2, -0.15) is 0 Å². The second-order valence-electron chi connectivity index (χ2n) is 5.61. The number of nitrogens with zero attached hydrogens (tertiary/aromatic N) is 2. The Kier molecular flexibility index (Phi) is 4.22. The third kappa shape index (κ3) is 3.14. The van der Waals surface area contributed by atoms with E-state index in [4.69, 9.17) is 0 Å². The average molecular weight is 261 g/mol. The molecule has 2 rings (SSSR count). The SMILES string of the molecule is Cc1cccc(C2NCC(=O)N2C(C)CN(C)C)c1. The van der Waals surface area contributed by atoms with Gasteiger partial charge in [0.2, 0.25) is 5.91 Å². The summed E-state index contributed by atoms with van der Waals surface area (Å²) in [7, 11) is 4.07. The van der Waals surface area contributed by atoms with Crippen LogP contribution < -0.4 is 5.32 Å². The predicted octanol–water partition coefficient (Wildman–Crippen LogP) is 1.38. The molecular weight excluding hydrogens is 238 g/mol. The Balaban J connectivity index is 2.22. The minimum absolute atomic E-state index is 0.00218. The molecule has 0 aromatic heterocycles. The Morgan fingerprint density at radius 1 is 1.47 bits per heavy atom. The van der Waals surface area contributed by atoms with Crippen molar-refractivity contribution < 1.29 is 4.79 Å². The summed E-state index contributed by atoms with van der Waals surface area (Å²) in [5, 5.41) is 3.31. The Bertz CT molecular complexity index is 458. The molecule has 2 unspecified atom stereocenters. The molecule has 0 spiro atoms. The normalized spacial score (nSPS) is 21.2. The van der Waals surface area contributed by atoms with Gasteiger partial charge >= 0.3 is 0 Å². The first-order valence-corrected chi connectivity index (χ1v) is 6.75. The molecule has 1 N–H and O–H groups in total. The molecule has 2 atom stereocenters. The van der Waals surface area contributed by atoms with Crippen LogP contribution in [0.3, 0.4) is 0 Å². The lowest BCUT2D eigenvalue weighted by molar-refractivity contribution is -0.130. The van der Waals surface area contributed by atoms with Gasteiger partial charge in [0.15, 0.2) is 0 Å². The highest BCUT2D eigenvalue weighted by molar-refractivity contribution is 5.81. The number of hydrogen-bond acceptors (Lipinski definition) is 3. The van der Waals surface area contributed by atoms with Crippen LogP contribution in [0.15, 0.2) is 24.3 Å². The topological polar surface area (TPSA) is 35.6 Å². The Morgan fingerprint density at radius 2 is 2.21 bits per heavy atom. The Morgan fingerprint density at radius 3 is 2.84 bits per heavy atom. The lowest BCUT2D eigenvalue weighted by Crippen LogP contribution is -2.43. The molecule has 1 aromatic carbocycles. The number of amides is 1. The monoisotopic (exact) mass is 261 g/mol. The molecule has 1 aromatic rings. The van der Waals surface area contributed by atoms with E-state index in [0.29, 0.717) is 6.54 Å². The highest BCUT2D eigenvalue weighted by Gasteiger charge is 2.34. The minimum Gasteiger partial charge on any atom is -0.318 e. The van der Waals surface area contributed by atoms with E-state index in [9.17, 15) is 4.79 Å². The summed E-state index contributed by atoms with van der Waals surface area (Å²) < 4.78 is 0. The fourth-order valence-corrected chi connectivity index (χ4v) is 2.75. The van der Waals surface area contributed by atoms with Crippen molar-refractivity contribution in [3.63, 3.8) is 0 Å². The number of carbonyl (C=O) groups is 1. The largest absolute Gasteiger partial charge is 0.318 e. The molecule has 1 aliphatic rings. The first-order valence-electron chi connectivity index (χ1n) is 6.75. The lowest BCUT2D eigenvalue weighted by atomic mass is 10.1. The molecule has 19 heavy (non-hydrogen) atoms. The van der Waals surface area contributed by atoms with Crippen molar-refractivity contribution in [2.45, 2.75) is 26.1 Å². The van der Waals surface area contributed by atoms with E-state index in [1.54, 1.807) is 0 Å². The molecule has 1 saturated heterocycles. The van der Waals surface area contributed by atoms with Gasteiger partial charge in [0.25, 0.3) is 0 Å². The summed E-state index contributed by atoms with van der Waals surface area (Å²) in [6.07, 6.45) is 0.00218. The van der Waals surface area contributed by atoms with E-state index in [1.165, 1.54) is 5.56 Å². The first-order chi connectivity index (χ1) is 8.99. The smallest absolute Gasteiger partial charge is 0.238 e. The Hall–Kier alpha value is -1.39. The maximum atomic E-state index is 12.1. The van der Waals surface area contributed by atoms with Crippen molar-refractivity contribution in [3.8, 4) is 0 Å². The summed E-state index contributed by atoms with van der Waals surface area (Å²) in [5.74, 6) is 0.181. The van der Waals surface area contributed by atoms with Gasteiger partial charge in [0, 0.05) is 12.6 Å². The second kappa shape index (κ2) is 5.72. The van der Waals surface area contributed by atoms with Crippen LogP contribution in [-0.2, 0) is 4.79 Å². The zero-order valence-corrected chi connectivity index (χ0v) is 12.2. The number of likely N-dealkylation sites (N-methyl/N-ethyl adjacent to an activating group) is 1. The predicted molar refractivity (Wildman–Crippen MR) is 76.8 cm³/mol. The fraction of sp³-hybridized carbons (Fsp3) is 0.533. The number of benzene rings is 1. The van der Waals surface area contributed by atoms with Gasteiger partial charge in [-0.05, 0) is 33.5 Å². The quantitative estimate of drug-likeness (QED) is 0.889. The third-order valence-corrected chi connectivity index (χ3v) is 3.47. The van der Waals surface area contributed by atoms with Gasteiger partial charge in [-0.3, -0.25) is 10.1 Å². The van der Waals surface area contributed by atoms with Crippen LogP contribution in [0.2, 0.25) is 0 Å². The van der Waals surface area contributed by atoms with E-state index in [-0.39, 0.29) is 18.1 Å². The molecule has 1 fully saturated rings. The molecule has 4 nitrogen and oxygen atoms in total. The van der Waals surface area contributed by atoms with Gasteiger partial charge in [0.1, 0.15) is 6.17 Å². The summed E-state index contributed by atoms with van der Waals surface area (Å²) >= 11 is 0. The van der Waals surface area contributed by atoms with Gasteiger partial charge in [-0.25, -0.2) is 0 Å². The summed E-state index contributed by atoms with van der Waals surface area (Å²) in [5.41, 5.74) is 2.38. The van der Waals surface area contributed by atoms with Crippen LogP contribution in [0.1, 0.15) is 24.2 Å². The lowest BCUT2D eigenvalue weighted by Gasteiger charge is -2.32. The van der Waals surface area contributed by atoms with Crippen LogP contribution in [0.5, 0.6) is 0 Å². The van der Waals surface area contributed by atoms with E-state index >= 15 is 0 Å². The molecule has 1 amide bonds. The van der Waals surface area contributed by atoms with E-state index < -0.39 is 0 Å². The Labute approximate surface area is 115 Å². The van der Waals surface area contributed by atoms with Gasteiger partial charge in [0.05, 0.1) is 6.54 Å². The number of nitrogens with one attached hydrogen (secondary N) is 1. The van der Waals surface area contributed by atoms with Crippen molar-refractivity contribution in [1.82, 2.24) is 15.1 Å². The van der Waals surface area contributed by atoms with Crippen LogP contribution in [0, 0.1) is 6.92 Å². The third-order valence-electron chi connectivity index (χ3n) is 3.47. The van der Waals surface area contributed by atoms with Crippen LogP contribution in [-0.4, -0.2) is 48.9 Å². The average Bonchev–Trinajstić information content (AvgIpc) is 2.70.